The van der Waals surface area contributed by atoms with Crippen LogP contribution in [0.4, 0.5) is 0 Å². The number of hydrogen-bond donors (Lipinski definition) is 8. The fraction of sp³-hybridized carbons (Fsp3) is 0.320. The summed E-state index contributed by atoms with van der Waals surface area (Å²) >= 11 is 0. The maximum Gasteiger partial charge on any atom is 0.326 e. The van der Waals surface area contributed by atoms with Gasteiger partial charge in [0.25, 0.3) is 0 Å². The molecule has 0 aliphatic heterocycles. The number of aliphatic hydroxyl groups is 1. The number of nitrogens with one attached hydrogen (secondary N) is 3. The Morgan fingerprint density at radius 1 is 0.711 bits per heavy atom. The van der Waals surface area contributed by atoms with Crippen LogP contribution in [0.5, 0.6) is 5.75 Å². The predicted octanol–water partition coefficient (Wildman–Crippen LogP) is -1.49. The van der Waals surface area contributed by atoms with E-state index in [-0.39, 0.29) is 18.6 Å². The molecule has 3 amide bonds. The van der Waals surface area contributed by atoms with Crippen LogP contribution in [-0.2, 0) is 36.8 Å². The normalized spacial score (nSPS) is 13.8. The van der Waals surface area contributed by atoms with Gasteiger partial charge in [-0.15, -0.1) is 0 Å². The first-order valence-electron chi connectivity index (χ1n) is 11.5. The molecular formula is C25H30N4O9. The number of aliphatic carboxylic acids is 2. The number of nitrogens with two attached hydrogens (primary N) is 1. The second-order valence-electron chi connectivity index (χ2n) is 8.47. The Hall–Kier alpha value is -4.49. The van der Waals surface area contributed by atoms with Gasteiger partial charge < -0.3 is 42.1 Å². The number of aromatic hydroxyl groups is 1. The van der Waals surface area contributed by atoms with Crippen LogP contribution < -0.4 is 21.7 Å². The maximum absolute atomic E-state index is 13.3. The van der Waals surface area contributed by atoms with Gasteiger partial charge in [-0.3, -0.25) is 19.2 Å². The van der Waals surface area contributed by atoms with Crippen LogP contribution in [0.3, 0.4) is 0 Å². The molecule has 0 aliphatic carbocycles. The molecule has 0 saturated heterocycles. The van der Waals surface area contributed by atoms with Gasteiger partial charge in [-0.05, 0) is 23.3 Å². The summed E-state index contributed by atoms with van der Waals surface area (Å²) in [5.74, 6) is -5.67. The number of carbonyl (C=O) groups is 5. The summed E-state index contributed by atoms with van der Waals surface area (Å²) in [6.45, 7) is -0.669. The molecule has 2 aromatic rings. The number of aliphatic hydroxyl groups excluding tert-OH is 1. The van der Waals surface area contributed by atoms with Crippen molar-refractivity contribution in [2.45, 2.75) is 43.4 Å². The average molecular weight is 531 g/mol. The zero-order chi connectivity index (χ0) is 28.2. The molecule has 204 valence electrons. The molecule has 4 atom stereocenters. The largest absolute Gasteiger partial charge is 0.508 e. The van der Waals surface area contributed by atoms with Gasteiger partial charge in [0.2, 0.25) is 17.7 Å². The lowest BCUT2D eigenvalue weighted by Gasteiger charge is -2.25. The van der Waals surface area contributed by atoms with Crippen molar-refractivity contribution in [2.24, 2.45) is 5.73 Å². The highest BCUT2D eigenvalue weighted by molar-refractivity contribution is 5.95. The molecule has 0 aliphatic rings. The molecule has 4 unspecified atom stereocenters. The first kappa shape index (κ1) is 29.7. The zero-order valence-electron chi connectivity index (χ0n) is 20.2. The summed E-state index contributed by atoms with van der Waals surface area (Å²) in [6, 6.07) is 8.62. The Labute approximate surface area is 217 Å². The highest BCUT2D eigenvalue weighted by Crippen LogP contribution is 2.12. The van der Waals surface area contributed by atoms with E-state index in [1.54, 1.807) is 30.3 Å². The molecule has 2 rings (SSSR count). The molecule has 0 saturated carbocycles. The number of carbonyl (C=O) groups excluding carboxylic acids is 3. The minimum absolute atomic E-state index is 0.000869. The molecule has 13 nitrogen and oxygen atoms in total. The van der Waals surface area contributed by atoms with Crippen LogP contribution in [0.1, 0.15) is 17.5 Å². The molecule has 38 heavy (non-hydrogen) atoms. The summed E-state index contributed by atoms with van der Waals surface area (Å²) in [4.78, 5) is 61.2. The monoisotopic (exact) mass is 530 g/mol. The van der Waals surface area contributed by atoms with E-state index in [0.717, 1.165) is 0 Å². The van der Waals surface area contributed by atoms with Gasteiger partial charge >= 0.3 is 11.9 Å². The molecule has 0 heterocycles. The summed E-state index contributed by atoms with van der Waals surface area (Å²) < 4.78 is 0. The van der Waals surface area contributed by atoms with E-state index < -0.39 is 66.9 Å². The van der Waals surface area contributed by atoms with Gasteiger partial charge in [0, 0.05) is 12.8 Å². The van der Waals surface area contributed by atoms with Crippen LogP contribution in [0.15, 0.2) is 54.6 Å². The van der Waals surface area contributed by atoms with Crippen molar-refractivity contribution in [1.82, 2.24) is 16.0 Å². The Balaban J connectivity index is 2.32. The molecule has 0 spiro atoms. The number of carboxylic acid groups (broad SMARTS) is 2. The highest BCUT2D eigenvalue weighted by Gasteiger charge is 2.31. The van der Waals surface area contributed by atoms with Gasteiger partial charge in [-0.2, -0.15) is 0 Å². The number of hydrogen-bond acceptors (Lipinski definition) is 8. The number of phenolic OH excluding ortho intramolecular Hbond substituents is 1. The van der Waals surface area contributed by atoms with Crippen molar-refractivity contribution < 1.29 is 44.4 Å². The first-order chi connectivity index (χ1) is 18.0. The third kappa shape index (κ3) is 9.52. The molecule has 2 aromatic carbocycles. The van der Waals surface area contributed by atoms with E-state index in [2.05, 4.69) is 16.0 Å². The van der Waals surface area contributed by atoms with Gasteiger partial charge in [0.1, 0.15) is 29.9 Å². The van der Waals surface area contributed by atoms with E-state index >= 15 is 0 Å². The molecule has 0 radical (unpaired) electrons. The first-order valence-corrected chi connectivity index (χ1v) is 11.5. The molecule has 0 aromatic heterocycles. The Morgan fingerprint density at radius 2 is 1.18 bits per heavy atom. The third-order valence-electron chi connectivity index (χ3n) is 5.45. The highest BCUT2D eigenvalue weighted by atomic mass is 16.4. The quantitative estimate of drug-likeness (QED) is 0.141. The van der Waals surface area contributed by atoms with Gasteiger partial charge in [0.05, 0.1) is 13.0 Å². The fourth-order valence-corrected chi connectivity index (χ4v) is 3.42. The van der Waals surface area contributed by atoms with Crippen molar-refractivity contribution in [1.29, 1.82) is 0 Å². The Morgan fingerprint density at radius 3 is 1.66 bits per heavy atom. The van der Waals surface area contributed by atoms with Crippen molar-refractivity contribution in [2.75, 3.05) is 6.61 Å². The number of phenols is 1. The third-order valence-corrected chi connectivity index (χ3v) is 5.45. The number of benzene rings is 2. The smallest absolute Gasteiger partial charge is 0.326 e. The lowest BCUT2D eigenvalue weighted by molar-refractivity contribution is -0.147. The summed E-state index contributed by atoms with van der Waals surface area (Å²) in [6.07, 6.45) is -1.05. The topological polar surface area (TPSA) is 228 Å². The van der Waals surface area contributed by atoms with Crippen LogP contribution in [0.2, 0.25) is 0 Å². The number of amides is 3. The molecule has 9 N–H and O–H groups in total. The summed E-state index contributed by atoms with van der Waals surface area (Å²) in [5, 5.41) is 44.1. The van der Waals surface area contributed by atoms with E-state index in [9.17, 15) is 39.3 Å². The lowest BCUT2D eigenvalue weighted by atomic mass is 10.0. The van der Waals surface area contributed by atoms with Gasteiger partial charge in [-0.1, -0.05) is 42.5 Å². The van der Waals surface area contributed by atoms with Crippen molar-refractivity contribution in [3.05, 3.63) is 65.7 Å². The predicted molar refractivity (Wildman–Crippen MR) is 133 cm³/mol. The fourth-order valence-electron chi connectivity index (χ4n) is 3.42. The van der Waals surface area contributed by atoms with Crippen LogP contribution >= 0.6 is 0 Å². The van der Waals surface area contributed by atoms with Gasteiger partial charge in [-0.25, -0.2) is 4.79 Å². The molecular weight excluding hydrogens is 500 g/mol. The molecule has 13 heteroatoms. The average Bonchev–Trinajstić information content (AvgIpc) is 2.88. The maximum atomic E-state index is 13.3. The van der Waals surface area contributed by atoms with Crippen molar-refractivity contribution in [3.8, 4) is 5.75 Å². The minimum Gasteiger partial charge on any atom is -0.508 e. The minimum atomic E-state index is -1.76. The number of rotatable bonds is 14. The van der Waals surface area contributed by atoms with Crippen LogP contribution in [0, 0.1) is 0 Å². The Bertz CT molecular complexity index is 1130. The van der Waals surface area contributed by atoms with Crippen molar-refractivity contribution >= 4 is 29.7 Å². The molecule has 0 fully saturated rings. The van der Waals surface area contributed by atoms with Crippen LogP contribution in [0.25, 0.3) is 0 Å². The zero-order valence-corrected chi connectivity index (χ0v) is 20.2. The second-order valence-corrected chi connectivity index (χ2v) is 8.47. The molecule has 0 bridgehead atoms. The van der Waals surface area contributed by atoms with Gasteiger partial charge in [0.15, 0.2) is 0 Å². The van der Waals surface area contributed by atoms with Crippen LogP contribution in [-0.4, -0.2) is 80.9 Å². The lowest BCUT2D eigenvalue weighted by Crippen LogP contribution is -2.58. The van der Waals surface area contributed by atoms with E-state index in [1.165, 1.54) is 24.3 Å². The SMILES string of the molecule is NC(CO)C(=O)NC(Cc1ccccc1)C(=O)NC(Cc1ccc(O)cc1)C(=O)NC(CC(=O)O)C(=O)O. The summed E-state index contributed by atoms with van der Waals surface area (Å²) in [5.41, 5.74) is 6.71. The van der Waals surface area contributed by atoms with Crippen molar-refractivity contribution in [3.63, 3.8) is 0 Å². The van der Waals surface area contributed by atoms with E-state index in [4.69, 9.17) is 10.8 Å². The number of carboxylic acids is 2. The second kappa shape index (κ2) is 14.3. The van der Waals surface area contributed by atoms with E-state index in [0.29, 0.717) is 11.1 Å². The summed E-state index contributed by atoms with van der Waals surface area (Å²) in [7, 11) is 0. The van der Waals surface area contributed by atoms with E-state index in [1.807, 2.05) is 0 Å². The standard InChI is InChI=1S/C25H30N4O9/c26-17(13-30)22(34)27-18(10-14-4-2-1-3-5-14)23(35)28-19(11-15-6-8-16(31)9-7-15)24(36)29-20(25(37)38)12-21(32)33/h1-9,17-20,30-31H,10-13,26H2,(H,27,34)(H,28,35)(H,29,36)(H,32,33)(H,37,38). The Kier molecular flexibility index (Phi) is 11.2.